The molecule has 0 saturated heterocycles. The first-order chi connectivity index (χ1) is 9.87. The highest BCUT2D eigenvalue weighted by Gasteiger charge is 2.33. The first kappa shape index (κ1) is 14.1. The highest BCUT2D eigenvalue weighted by Crippen LogP contribution is 2.36. The highest BCUT2D eigenvalue weighted by atomic mass is 16.2. The molecule has 0 bridgehead atoms. The first-order valence-electron chi connectivity index (χ1n) is 7.60. The summed E-state index contributed by atoms with van der Waals surface area (Å²) in [7, 11) is 1.53. The third-order valence-electron chi connectivity index (χ3n) is 4.80. The first-order valence-corrected chi connectivity index (χ1v) is 7.60. The normalized spacial score (nSPS) is 21.6. The minimum absolute atomic E-state index is 0.205. The molecule has 1 aliphatic heterocycles. The van der Waals surface area contributed by atoms with E-state index in [-0.39, 0.29) is 11.8 Å². The fraction of sp³-hybridized carbons (Fsp3) is 0.529. The lowest BCUT2D eigenvalue weighted by Crippen LogP contribution is -2.29. The number of rotatable bonds is 2. The van der Waals surface area contributed by atoms with Crippen LogP contribution in [0.2, 0.25) is 0 Å². The summed E-state index contributed by atoms with van der Waals surface area (Å²) in [5, 5.41) is 3.52. The van der Waals surface area contributed by atoms with E-state index in [0.717, 1.165) is 18.5 Å². The van der Waals surface area contributed by atoms with Gasteiger partial charge in [0.1, 0.15) is 0 Å². The number of amides is 2. The van der Waals surface area contributed by atoms with Gasteiger partial charge in [-0.25, -0.2) is 0 Å². The van der Waals surface area contributed by atoms with E-state index in [4.69, 9.17) is 0 Å². The van der Waals surface area contributed by atoms with Gasteiger partial charge in [-0.1, -0.05) is 13.8 Å². The number of imide groups is 1. The van der Waals surface area contributed by atoms with Crippen molar-refractivity contribution in [3.63, 3.8) is 0 Å². The van der Waals surface area contributed by atoms with Gasteiger partial charge >= 0.3 is 0 Å². The molecule has 0 spiro atoms. The number of nitrogens with one attached hydrogen (secondary N) is 1. The van der Waals surface area contributed by atoms with Crippen LogP contribution in [-0.4, -0.2) is 29.8 Å². The number of carbonyl (C=O) groups is 2. The van der Waals surface area contributed by atoms with Gasteiger partial charge in [-0.3, -0.25) is 14.5 Å². The Kier molecular flexibility index (Phi) is 3.27. The molecule has 2 aliphatic rings. The monoisotopic (exact) mass is 286 g/mol. The topological polar surface area (TPSA) is 49.4 Å². The molecule has 21 heavy (non-hydrogen) atoms. The number of benzene rings is 1. The third-order valence-corrected chi connectivity index (χ3v) is 4.80. The zero-order valence-corrected chi connectivity index (χ0v) is 12.9. The van der Waals surface area contributed by atoms with Crippen molar-refractivity contribution in [2.75, 3.05) is 12.4 Å². The number of hydrogen-bond donors (Lipinski definition) is 1. The van der Waals surface area contributed by atoms with E-state index in [1.54, 1.807) is 6.07 Å². The molecular weight excluding hydrogens is 264 g/mol. The van der Waals surface area contributed by atoms with Crippen LogP contribution >= 0.6 is 0 Å². The maximum atomic E-state index is 12.0. The van der Waals surface area contributed by atoms with E-state index in [9.17, 15) is 9.59 Å². The van der Waals surface area contributed by atoms with Crippen molar-refractivity contribution < 1.29 is 9.59 Å². The van der Waals surface area contributed by atoms with E-state index in [1.807, 2.05) is 12.1 Å². The van der Waals surface area contributed by atoms with Crippen molar-refractivity contribution in [3.05, 3.63) is 29.3 Å². The lowest BCUT2D eigenvalue weighted by molar-refractivity contribution is 0.0693. The summed E-state index contributed by atoms with van der Waals surface area (Å²) in [6.45, 7) is 4.64. The van der Waals surface area contributed by atoms with Crippen molar-refractivity contribution in [2.45, 2.75) is 45.6 Å². The fourth-order valence-electron chi connectivity index (χ4n) is 3.23. The summed E-state index contributed by atoms with van der Waals surface area (Å²) in [6.07, 6.45) is 4.74. The van der Waals surface area contributed by atoms with Crippen molar-refractivity contribution in [3.8, 4) is 0 Å². The van der Waals surface area contributed by atoms with Crippen molar-refractivity contribution >= 4 is 17.5 Å². The molecule has 3 rings (SSSR count). The zero-order chi connectivity index (χ0) is 15.2. The Bertz CT molecular complexity index is 597. The molecule has 1 N–H and O–H groups in total. The van der Waals surface area contributed by atoms with Gasteiger partial charge in [0.15, 0.2) is 0 Å². The zero-order valence-electron chi connectivity index (χ0n) is 12.9. The summed E-state index contributed by atoms with van der Waals surface area (Å²) in [6, 6.07) is 5.94. The van der Waals surface area contributed by atoms with Gasteiger partial charge in [-0.05, 0) is 49.3 Å². The van der Waals surface area contributed by atoms with Gasteiger partial charge in [-0.2, -0.15) is 0 Å². The van der Waals surface area contributed by atoms with Gasteiger partial charge in [0, 0.05) is 18.8 Å². The smallest absolute Gasteiger partial charge is 0.261 e. The molecule has 0 unspecified atom stereocenters. The SMILES string of the molecule is CN1C(=O)c2ccc(NC3CCC(C)(C)CC3)cc2C1=O. The Morgan fingerprint density at radius 2 is 1.71 bits per heavy atom. The van der Waals surface area contributed by atoms with Gasteiger partial charge in [0.25, 0.3) is 11.8 Å². The molecule has 0 atom stereocenters. The number of hydrogen-bond acceptors (Lipinski definition) is 3. The third kappa shape index (κ3) is 2.55. The Morgan fingerprint density at radius 1 is 1.10 bits per heavy atom. The minimum atomic E-state index is -0.207. The quantitative estimate of drug-likeness (QED) is 0.849. The van der Waals surface area contributed by atoms with Gasteiger partial charge in [-0.15, -0.1) is 0 Å². The predicted molar refractivity (Wildman–Crippen MR) is 82.5 cm³/mol. The van der Waals surface area contributed by atoms with Crippen LogP contribution in [0.1, 0.15) is 60.2 Å². The maximum absolute atomic E-state index is 12.0. The highest BCUT2D eigenvalue weighted by molar-refractivity contribution is 6.21. The second kappa shape index (κ2) is 4.86. The molecule has 2 amide bonds. The number of nitrogens with zero attached hydrogens (tertiary/aromatic N) is 1. The molecule has 112 valence electrons. The Hall–Kier alpha value is -1.84. The summed E-state index contributed by atoms with van der Waals surface area (Å²) in [5.74, 6) is -0.413. The molecule has 1 aliphatic carbocycles. The minimum Gasteiger partial charge on any atom is -0.382 e. The standard InChI is InChI=1S/C17H22N2O2/c1-17(2)8-6-11(7-9-17)18-12-4-5-13-14(10-12)16(21)19(3)15(13)20/h4-5,10-11,18H,6-9H2,1-3H3. The van der Waals surface area contributed by atoms with Crippen LogP contribution in [-0.2, 0) is 0 Å². The van der Waals surface area contributed by atoms with Crippen LogP contribution in [0.15, 0.2) is 18.2 Å². The van der Waals surface area contributed by atoms with E-state index >= 15 is 0 Å². The molecular formula is C17H22N2O2. The van der Waals surface area contributed by atoms with Crippen molar-refractivity contribution in [2.24, 2.45) is 5.41 Å². The Balaban J connectivity index is 1.74. The molecule has 1 aromatic carbocycles. The lowest BCUT2D eigenvalue weighted by atomic mass is 9.75. The lowest BCUT2D eigenvalue weighted by Gasteiger charge is -2.35. The molecule has 4 heteroatoms. The molecule has 1 fully saturated rings. The van der Waals surface area contributed by atoms with Gasteiger partial charge < -0.3 is 5.32 Å². The Labute approximate surface area is 125 Å². The van der Waals surface area contributed by atoms with E-state index in [1.165, 1.54) is 24.8 Å². The van der Waals surface area contributed by atoms with Crippen LogP contribution in [0.3, 0.4) is 0 Å². The fourth-order valence-corrected chi connectivity index (χ4v) is 3.23. The largest absolute Gasteiger partial charge is 0.382 e. The molecule has 0 radical (unpaired) electrons. The van der Waals surface area contributed by atoms with Crippen LogP contribution in [0, 0.1) is 5.41 Å². The second-order valence-electron chi connectivity index (χ2n) is 7.01. The number of fused-ring (bicyclic) bond motifs is 1. The summed E-state index contributed by atoms with van der Waals surface area (Å²) in [4.78, 5) is 25.1. The predicted octanol–water partition coefficient (Wildman–Crippen LogP) is 3.29. The second-order valence-corrected chi connectivity index (χ2v) is 7.01. The van der Waals surface area contributed by atoms with E-state index < -0.39 is 0 Å². The Morgan fingerprint density at radius 3 is 2.38 bits per heavy atom. The summed E-state index contributed by atoms with van der Waals surface area (Å²) in [5.41, 5.74) is 2.41. The van der Waals surface area contributed by atoms with Gasteiger partial charge in [0.2, 0.25) is 0 Å². The number of anilines is 1. The molecule has 1 saturated carbocycles. The summed E-state index contributed by atoms with van der Waals surface area (Å²) < 4.78 is 0. The molecule has 0 aromatic heterocycles. The maximum Gasteiger partial charge on any atom is 0.261 e. The van der Waals surface area contributed by atoms with E-state index in [2.05, 4.69) is 19.2 Å². The van der Waals surface area contributed by atoms with Crippen LogP contribution in [0.5, 0.6) is 0 Å². The van der Waals surface area contributed by atoms with Crippen molar-refractivity contribution in [1.29, 1.82) is 0 Å². The van der Waals surface area contributed by atoms with Crippen LogP contribution < -0.4 is 5.32 Å². The average molecular weight is 286 g/mol. The number of carbonyl (C=O) groups excluding carboxylic acids is 2. The molecule has 1 heterocycles. The van der Waals surface area contributed by atoms with Gasteiger partial charge in [0.05, 0.1) is 11.1 Å². The van der Waals surface area contributed by atoms with Crippen LogP contribution in [0.25, 0.3) is 0 Å². The summed E-state index contributed by atoms with van der Waals surface area (Å²) >= 11 is 0. The molecule has 1 aromatic rings. The van der Waals surface area contributed by atoms with Crippen molar-refractivity contribution in [1.82, 2.24) is 4.90 Å². The molecule has 4 nitrogen and oxygen atoms in total. The van der Waals surface area contributed by atoms with E-state index in [0.29, 0.717) is 22.6 Å². The van der Waals surface area contributed by atoms with Crippen LogP contribution in [0.4, 0.5) is 5.69 Å². The average Bonchev–Trinajstić information content (AvgIpc) is 2.66.